The van der Waals surface area contributed by atoms with E-state index in [1.807, 2.05) is 24.3 Å². The normalized spacial score (nSPS) is 10.4. The van der Waals surface area contributed by atoms with Crippen molar-refractivity contribution < 1.29 is 47.8 Å². The first-order chi connectivity index (χ1) is 23.4. The molecule has 10 heteroatoms. The molecule has 0 aliphatic rings. The summed E-state index contributed by atoms with van der Waals surface area (Å²) in [5.74, 6) is 2.76. The topological polar surface area (TPSA) is 108 Å². The van der Waals surface area contributed by atoms with Crippen molar-refractivity contribution in [2.75, 3.05) is 33.2 Å². The van der Waals surface area contributed by atoms with Gasteiger partial charge < -0.3 is 33.3 Å². The molecule has 0 aliphatic heterocycles. The summed E-state index contributed by atoms with van der Waals surface area (Å²) < 4.78 is 33.3. The van der Waals surface area contributed by atoms with Gasteiger partial charge in [-0.1, -0.05) is 19.6 Å². The number of allylic oxidation sites excluding steroid dienone is 1. The Morgan fingerprint density at radius 1 is 0.583 bits per heavy atom. The van der Waals surface area contributed by atoms with Gasteiger partial charge in [0, 0.05) is 6.08 Å². The molecule has 0 unspecified atom stereocenters. The number of hydrogen-bond acceptors (Lipinski definition) is 10. The highest BCUT2D eigenvalue weighted by Gasteiger charge is 2.09. The van der Waals surface area contributed by atoms with Gasteiger partial charge >= 0.3 is 11.9 Å². The van der Waals surface area contributed by atoms with Crippen molar-refractivity contribution in [3.8, 4) is 28.7 Å². The zero-order valence-electron chi connectivity index (χ0n) is 27.7. The van der Waals surface area contributed by atoms with Gasteiger partial charge in [0.05, 0.1) is 32.0 Å². The van der Waals surface area contributed by atoms with Gasteiger partial charge in [0.15, 0.2) is 0 Å². The van der Waals surface area contributed by atoms with Crippen LogP contribution >= 0.6 is 0 Å². The van der Waals surface area contributed by atoms with E-state index in [4.69, 9.17) is 38.2 Å². The molecule has 0 aromatic heterocycles. The molecule has 0 amide bonds. The molecule has 48 heavy (non-hydrogen) atoms. The molecule has 10 nitrogen and oxygen atoms in total. The maximum atomic E-state index is 12.6. The SMILES string of the molecule is C=CC(=O)OCCCCCCOc1ccc(C(=O)Oc2ccc(OCOc3ccc(OCCCCCCOOC(=C)C)cc3)cc2)cc1. The Hall–Kier alpha value is -4.96. The molecule has 0 aliphatic carbocycles. The van der Waals surface area contributed by atoms with E-state index < -0.39 is 11.9 Å². The van der Waals surface area contributed by atoms with Crippen LogP contribution in [0, 0.1) is 0 Å². The Bertz CT molecular complexity index is 1370. The van der Waals surface area contributed by atoms with Crippen molar-refractivity contribution in [3.05, 3.63) is 103 Å². The van der Waals surface area contributed by atoms with Crippen LogP contribution in [0.2, 0.25) is 0 Å². The molecule has 0 fully saturated rings. The van der Waals surface area contributed by atoms with Crippen LogP contribution in [0.25, 0.3) is 0 Å². The van der Waals surface area contributed by atoms with Crippen LogP contribution in [0.4, 0.5) is 0 Å². The Labute approximate surface area is 283 Å². The van der Waals surface area contributed by atoms with Gasteiger partial charge in [0.2, 0.25) is 6.79 Å². The first-order valence-electron chi connectivity index (χ1n) is 16.2. The third-order valence-electron chi connectivity index (χ3n) is 6.71. The minimum absolute atomic E-state index is 0.0160. The number of ether oxygens (including phenoxy) is 6. The van der Waals surface area contributed by atoms with Crippen LogP contribution in [-0.2, 0) is 19.3 Å². The second-order valence-electron chi connectivity index (χ2n) is 10.8. The number of hydrogen-bond donors (Lipinski definition) is 0. The summed E-state index contributed by atoms with van der Waals surface area (Å²) >= 11 is 0. The lowest BCUT2D eigenvalue weighted by Crippen LogP contribution is -2.09. The third-order valence-corrected chi connectivity index (χ3v) is 6.71. The Kier molecular flexibility index (Phi) is 17.6. The summed E-state index contributed by atoms with van der Waals surface area (Å²) in [4.78, 5) is 33.5. The highest BCUT2D eigenvalue weighted by Crippen LogP contribution is 2.22. The first kappa shape index (κ1) is 37.5. The molecule has 3 aromatic rings. The molecule has 0 radical (unpaired) electrons. The molecule has 0 spiro atoms. The summed E-state index contributed by atoms with van der Waals surface area (Å²) in [5.41, 5.74) is 0.411. The molecular formula is C38H46O10. The van der Waals surface area contributed by atoms with E-state index in [2.05, 4.69) is 13.2 Å². The second kappa shape index (κ2) is 22.5. The quantitative estimate of drug-likeness (QED) is 0.0128. The maximum Gasteiger partial charge on any atom is 0.343 e. The number of carbonyl (C=O) groups is 2. The van der Waals surface area contributed by atoms with E-state index in [0.717, 1.165) is 63.2 Å². The van der Waals surface area contributed by atoms with Gasteiger partial charge in [-0.3, -0.25) is 0 Å². The Morgan fingerprint density at radius 3 is 1.52 bits per heavy atom. The summed E-state index contributed by atoms with van der Waals surface area (Å²) in [5, 5.41) is 0. The van der Waals surface area contributed by atoms with E-state index in [-0.39, 0.29) is 6.79 Å². The van der Waals surface area contributed by atoms with Crippen LogP contribution < -0.4 is 23.7 Å². The van der Waals surface area contributed by atoms with Gasteiger partial charge in [-0.2, -0.15) is 4.89 Å². The first-order valence-corrected chi connectivity index (χ1v) is 16.2. The number of rotatable bonds is 25. The van der Waals surface area contributed by atoms with E-state index in [9.17, 15) is 9.59 Å². The minimum Gasteiger partial charge on any atom is -0.494 e. The smallest absolute Gasteiger partial charge is 0.343 e. The number of carbonyl (C=O) groups excluding carboxylic acids is 2. The molecule has 0 bridgehead atoms. The average Bonchev–Trinajstić information content (AvgIpc) is 3.10. The van der Waals surface area contributed by atoms with E-state index in [0.29, 0.717) is 60.7 Å². The molecular weight excluding hydrogens is 616 g/mol. The van der Waals surface area contributed by atoms with Crippen LogP contribution in [-0.4, -0.2) is 45.2 Å². The zero-order valence-corrected chi connectivity index (χ0v) is 27.7. The predicted molar refractivity (Wildman–Crippen MR) is 181 cm³/mol. The molecule has 0 N–H and O–H groups in total. The van der Waals surface area contributed by atoms with Crippen LogP contribution in [0.5, 0.6) is 28.7 Å². The molecule has 258 valence electrons. The van der Waals surface area contributed by atoms with Crippen molar-refractivity contribution in [2.24, 2.45) is 0 Å². The number of unbranched alkanes of at least 4 members (excludes halogenated alkanes) is 6. The van der Waals surface area contributed by atoms with Gasteiger partial charge in [-0.25, -0.2) is 9.59 Å². The lowest BCUT2D eigenvalue weighted by Gasteiger charge is -2.11. The summed E-state index contributed by atoms with van der Waals surface area (Å²) in [7, 11) is 0. The van der Waals surface area contributed by atoms with Crippen molar-refractivity contribution in [2.45, 2.75) is 58.3 Å². The average molecular weight is 663 g/mol. The fraction of sp³-hybridized carbons (Fsp3) is 0.368. The van der Waals surface area contributed by atoms with Crippen LogP contribution in [0.1, 0.15) is 68.6 Å². The Morgan fingerprint density at radius 2 is 1.02 bits per heavy atom. The lowest BCUT2D eigenvalue weighted by molar-refractivity contribution is -0.261. The van der Waals surface area contributed by atoms with Crippen molar-refractivity contribution in [1.82, 2.24) is 0 Å². The molecule has 0 heterocycles. The largest absolute Gasteiger partial charge is 0.494 e. The van der Waals surface area contributed by atoms with Crippen LogP contribution in [0.15, 0.2) is 97.8 Å². The maximum absolute atomic E-state index is 12.6. The third kappa shape index (κ3) is 16.0. The zero-order chi connectivity index (χ0) is 34.2. The van der Waals surface area contributed by atoms with E-state index in [1.165, 1.54) is 0 Å². The predicted octanol–water partition coefficient (Wildman–Crippen LogP) is 8.41. The van der Waals surface area contributed by atoms with Crippen molar-refractivity contribution in [3.63, 3.8) is 0 Å². The number of esters is 2. The summed E-state index contributed by atoms with van der Waals surface area (Å²) in [6, 6.07) is 20.9. The molecule has 3 rings (SSSR count). The van der Waals surface area contributed by atoms with Gasteiger partial charge in [0.1, 0.15) is 34.5 Å². The molecule has 0 atom stereocenters. The molecule has 0 saturated carbocycles. The highest BCUT2D eigenvalue weighted by atomic mass is 17.2. The minimum atomic E-state index is -0.473. The highest BCUT2D eigenvalue weighted by molar-refractivity contribution is 5.91. The number of benzene rings is 3. The fourth-order valence-electron chi connectivity index (χ4n) is 4.18. The second-order valence-corrected chi connectivity index (χ2v) is 10.8. The van der Waals surface area contributed by atoms with Crippen molar-refractivity contribution >= 4 is 11.9 Å². The Balaban J connectivity index is 1.25. The van der Waals surface area contributed by atoms with E-state index >= 15 is 0 Å². The lowest BCUT2D eigenvalue weighted by atomic mass is 10.2. The van der Waals surface area contributed by atoms with E-state index in [1.54, 1.807) is 55.5 Å². The summed E-state index contributed by atoms with van der Waals surface area (Å²) in [6.07, 6.45) is 8.72. The fourth-order valence-corrected chi connectivity index (χ4v) is 4.18. The summed E-state index contributed by atoms with van der Waals surface area (Å²) in [6.45, 7) is 10.9. The standard InChI is InChI=1S/C38H46O10/c1-4-37(39)43-27-11-6-5-9-25-41-32-15-13-31(14-16-32)38(40)47-36-23-21-35(22-24-36)45-29-44-34-19-17-33(18-20-34)42-26-10-7-8-12-28-46-48-30(2)3/h4,13-24H,1-2,5-12,25-29H2,3H3. The molecule has 3 aromatic carbocycles. The van der Waals surface area contributed by atoms with Crippen molar-refractivity contribution in [1.29, 1.82) is 0 Å². The van der Waals surface area contributed by atoms with Crippen LogP contribution in [0.3, 0.4) is 0 Å². The monoisotopic (exact) mass is 662 g/mol. The van der Waals surface area contributed by atoms with Gasteiger partial charge in [-0.05, 0) is 125 Å². The molecule has 0 saturated heterocycles. The van der Waals surface area contributed by atoms with Gasteiger partial charge in [-0.15, -0.1) is 0 Å². The van der Waals surface area contributed by atoms with Gasteiger partial charge in [0.25, 0.3) is 0 Å².